The van der Waals surface area contributed by atoms with Gasteiger partial charge in [-0.2, -0.15) is 0 Å². The summed E-state index contributed by atoms with van der Waals surface area (Å²) in [5.74, 6) is 4.82. The molecule has 1 rings (SSSR count). The molecular formula is C9H16N6O3. The number of aromatic amines is 2. The average Bonchev–Trinajstić information content (AvgIpc) is 2.35. The third-order valence-corrected chi connectivity index (χ3v) is 2.25. The maximum absolute atomic E-state index is 11.2. The first-order valence-electron chi connectivity index (χ1n) is 5.56. The van der Waals surface area contributed by atoms with Crippen LogP contribution in [0.1, 0.15) is 25.7 Å². The summed E-state index contributed by atoms with van der Waals surface area (Å²) in [5.41, 5.74) is 0.856. The Morgan fingerprint density at radius 2 is 2.06 bits per heavy atom. The first-order chi connectivity index (χ1) is 8.63. The number of carbonyl (C=O) groups excluding carboxylic acids is 1. The van der Waals surface area contributed by atoms with Crippen LogP contribution in [0, 0.1) is 0 Å². The molecule has 0 radical (unpaired) electrons. The molecule has 0 saturated carbocycles. The molecule has 1 amide bonds. The molecular weight excluding hydrogens is 240 g/mol. The van der Waals surface area contributed by atoms with E-state index in [9.17, 15) is 14.4 Å². The number of anilines is 1. The largest absolute Gasteiger partial charge is 0.364 e. The predicted molar refractivity (Wildman–Crippen MR) is 64.8 cm³/mol. The number of nitrogens with one attached hydrogen (secondary N) is 4. The van der Waals surface area contributed by atoms with Gasteiger partial charge < -0.3 is 5.32 Å². The number of nitrogens with zero attached hydrogens (tertiary/aromatic N) is 1. The number of hydrogen-bond donors (Lipinski definition) is 5. The molecule has 9 nitrogen and oxygen atoms in total. The van der Waals surface area contributed by atoms with Gasteiger partial charge in [0.25, 0.3) is 5.56 Å². The SMILES string of the molecule is NNC(=O)CCCCCNc1n[nH]c(=O)[nH]c1=O. The molecule has 1 aromatic heterocycles. The van der Waals surface area contributed by atoms with E-state index >= 15 is 0 Å². The topological polar surface area (TPSA) is 146 Å². The molecule has 0 bridgehead atoms. The van der Waals surface area contributed by atoms with Gasteiger partial charge in [0.15, 0.2) is 0 Å². The highest BCUT2D eigenvalue weighted by molar-refractivity contribution is 5.75. The normalized spacial score (nSPS) is 10.1. The van der Waals surface area contributed by atoms with Crippen LogP contribution in [0.3, 0.4) is 0 Å². The van der Waals surface area contributed by atoms with E-state index in [4.69, 9.17) is 5.84 Å². The highest BCUT2D eigenvalue weighted by atomic mass is 16.2. The number of hydrazine groups is 1. The summed E-state index contributed by atoms with van der Waals surface area (Å²) in [6, 6.07) is 0. The van der Waals surface area contributed by atoms with E-state index in [1.807, 2.05) is 0 Å². The van der Waals surface area contributed by atoms with Crippen LogP contribution in [0.15, 0.2) is 9.59 Å². The number of hydrogen-bond acceptors (Lipinski definition) is 6. The molecule has 6 N–H and O–H groups in total. The van der Waals surface area contributed by atoms with Crippen molar-refractivity contribution >= 4 is 11.7 Å². The van der Waals surface area contributed by atoms with Gasteiger partial charge in [0.2, 0.25) is 11.7 Å². The Labute approximate surface area is 102 Å². The van der Waals surface area contributed by atoms with Crippen LogP contribution in [0.5, 0.6) is 0 Å². The Hall–Kier alpha value is -2.16. The zero-order valence-corrected chi connectivity index (χ0v) is 9.78. The van der Waals surface area contributed by atoms with Crippen LogP contribution >= 0.6 is 0 Å². The maximum Gasteiger partial charge on any atom is 0.342 e. The third-order valence-electron chi connectivity index (χ3n) is 2.25. The second-order valence-electron chi connectivity index (χ2n) is 3.66. The van der Waals surface area contributed by atoms with Crippen molar-refractivity contribution in [3.8, 4) is 0 Å². The molecule has 9 heteroatoms. The van der Waals surface area contributed by atoms with E-state index in [-0.39, 0.29) is 11.7 Å². The zero-order valence-electron chi connectivity index (χ0n) is 9.78. The molecule has 0 aromatic carbocycles. The molecule has 0 fully saturated rings. The van der Waals surface area contributed by atoms with Crippen molar-refractivity contribution in [2.75, 3.05) is 11.9 Å². The Balaban J connectivity index is 2.20. The van der Waals surface area contributed by atoms with Crippen molar-refractivity contribution in [2.45, 2.75) is 25.7 Å². The van der Waals surface area contributed by atoms with E-state index in [0.717, 1.165) is 19.3 Å². The first kappa shape index (κ1) is 13.9. The molecule has 1 aromatic rings. The second kappa shape index (κ2) is 7.22. The lowest BCUT2D eigenvalue weighted by atomic mass is 10.2. The van der Waals surface area contributed by atoms with Gasteiger partial charge >= 0.3 is 5.69 Å². The summed E-state index contributed by atoms with van der Waals surface area (Å²) in [7, 11) is 0. The Kier molecular flexibility index (Phi) is 5.58. The molecule has 1 heterocycles. The lowest BCUT2D eigenvalue weighted by molar-refractivity contribution is -0.121. The quantitative estimate of drug-likeness (QED) is 0.172. The van der Waals surface area contributed by atoms with E-state index < -0.39 is 11.2 Å². The van der Waals surface area contributed by atoms with Gasteiger partial charge in [0.1, 0.15) is 0 Å². The minimum atomic E-state index is -0.640. The van der Waals surface area contributed by atoms with Crippen molar-refractivity contribution in [3.63, 3.8) is 0 Å². The van der Waals surface area contributed by atoms with Gasteiger partial charge in [-0.1, -0.05) is 6.42 Å². The highest BCUT2D eigenvalue weighted by Crippen LogP contribution is 1.99. The van der Waals surface area contributed by atoms with Crippen molar-refractivity contribution in [1.82, 2.24) is 20.6 Å². The van der Waals surface area contributed by atoms with Crippen molar-refractivity contribution in [3.05, 3.63) is 20.8 Å². The van der Waals surface area contributed by atoms with Crippen LogP contribution in [0.25, 0.3) is 0 Å². The number of H-pyrrole nitrogens is 2. The van der Waals surface area contributed by atoms with E-state index in [1.54, 1.807) is 0 Å². The Morgan fingerprint density at radius 3 is 2.72 bits per heavy atom. The summed E-state index contributed by atoms with van der Waals surface area (Å²) >= 11 is 0. The van der Waals surface area contributed by atoms with Gasteiger partial charge in [-0.15, -0.1) is 5.10 Å². The van der Waals surface area contributed by atoms with Gasteiger partial charge in [0, 0.05) is 13.0 Å². The van der Waals surface area contributed by atoms with Crippen LogP contribution in [0.2, 0.25) is 0 Å². The summed E-state index contributed by atoms with van der Waals surface area (Å²) in [6.45, 7) is 0.534. The fourth-order valence-electron chi connectivity index (χ4n) is 1.33. The number of carbonyl (C=O) groups is 1. The molecule has 0 saturated heterocycles. The molecule has 0 aliphatic heterocycles. The van der Waals surface area contributed by atoms with Gasteiger partial charge in [-0.3, -0.25) is 20.0 Å². The second-order valence-corrected chi connectivity index (χ2v) is 3.66. The molecule has 18 heavy (non-hydrogen) atoms. The number of nitrogens with two attached hydrogens (primary N) is 1. The van der Waals surface area contributed by atoms with Crippen molar-refractivity contribution < 1.29 is 4.79 Å². The number of amides is 1. The first-order valence-corrected chi connectivity index (χ1v) is 5.56. The summed E-state index contributed by atoms with van der Waals surface area (Å²) in [6.07, 6.45) is 2.70. The number of unbranched alkanes of at least 4 members (excludes halogenated alkanes) is 2. The van der Waals surface area contributed by atoms with E-state index in [0.29, 0.717) is 13.0 Å². The minimum Gasteiger partial charge on any atom is -0.364 e. The number of rotatable bonds is 7. The van der Waals surface area contributed by atoms with Crippen LogP contribution in [0.4, 0.5) is 5.82 Å². The lowest BCUT2D eigenvalue weighted by Gasteiger charge is -2.03. The molecule has 0 aliphatic rings. The van der Waals surface area contributed by atoms with Crippen LogP contribution < -0.4 is 27.8 Å². The van der Waals surface area contributed by atoms with Gasteiger partial charge in [0.05, 0.1) is 0 Å². The molecule has 100 valence electrons. The van der Waals surface area contributed by atoms with Crippen molar-refractivity contribution in [2.24, 2.45) is 5.84 Å². The molecule has 0 spiro atoms. The summed E-state index contributed by atoms with van der Waals surface area (Å²) in [5, 5.41) is 8.48. The fourth-order valence-corrected chi connectivity index (χ4v) is 1.33. The average molecular weight is 256 g/mol. The third kappa shape index (κ3) is 4.78. The molecule has 0 unspecified atom stereocenters. The van der Waals surface area contributed by atoms with Crippen molar-refractivity contribution in [1.29, 1.82) is 0 Å². The Morgan fingerprint density at radius 1 is 1.28 bits per heavy atom. The van der Waals surface area contributed by atoms with E-state index in [2.05, 4.69) is 25.9 Å². The monoisotopic (exact) mass is 256 g/mol. The van der Waals surface area contributed by atoms with Crippen LogP contribution in [-0.2, 0) is 4.79 Å². The smallest absolute Gasteiger partial charge is 0.342 e. The minimum absolute atomic E-state index is 0.0781. The summed E-state index contributed by atoms with van der Waals surface area (Å²) < 4.78 is 0. The maximum atomic E-state index is 11.2. The Bertz CT molecular complexity index is 494. The van der Waals surface area contributed by atoms with Gasteiger partial charge in [-0.05, 0) is 12.8 Å². The van der Waals surface area contributed by atoms with Crippen LogP contribution in [-0.4, -0.2) is 27.6 Å². The fraction of sp³-hybridized carbons (Fsp3) is 0.556. The van der Waals surface area contributed by atoms with Gasteiger partial charge in [-0.25, -0.2) is 15.7 Å². The zero-order chi connectivity index (χ0) is 13.4. The molecule has 0 aliphatic carbocycles. The summed E-state index contributed by atoms with van der Waals surface area (Å²) in [4.78, 5) is 34.8. The number of aromatic nitrogens is 3. The standard InChI is InChI=1S/C9H16N6O3/c10-13-6(16)4-2-1-3-5-11-7-8(17)12-9(18)15-14-7/h1-5,10H2,(H,11,14)(H,13,16)(H2,12,15,17,18). The lowest BCUT2D eigenvalue weighted by Crippen LogP contribution is -2.29. The molecule has 0 atom stereocenters. The highest BCUT2D eigenvalue weighted by Gasteiger charge is 2.01. The predicted octanol–water partition coefficient (Wildman–Crippen LogP) is -1.58. The van der Waals surface area contributed by atoms with E-state index in [1.165, 1.54) is 0 Å².